The Labute approximate surface area is 326 Å². The molecule has 0 atom stereocenters. The number of ether oxygens (including phenoxy) is 8. The lowest BCUT2D eigenvalue weighted by Crippen LogP contribution is -2.47. The van der Waals surface area contributed by atoms with Gasteiger partial charge in [-0.05, 0) is 24.6 Å². The predicted molar refractivity (Wildman–Crippen MR) is 214 cm³/mol. The Kier molecular flexibility index (Phi) is 21.8. The van der Waals surface area contributed by atoms with Crippen LogP contribution in [0.2, 0.25) is 0 Å². The van der Waals surface area contributed by atoms with Crippen molar-refractivity contribution in [2.45, 2.75) is 46.5 Å². The first kappa shape index (κ1) is 44.7. The summed E-state index contributed by atoms with van der Waals surface area (Å²) in [6, 6.07) is 6.44. The Morgan fingerprint density at radius 3 is 1.75 bits per heavy atom. The van der Waals surface area contributed by atoms with Crippen molar-refractivity contribution in [3.8, 4) is 0 Å². The first-order chi connectivity index (χ1) is 27.0. The van der Waals surface area contributed by atoms with Crippen molar-refractivity contribution >= 4 is 39.2 Å². The zero-order chi connectivity index (χ0) is 38.9. The Balaban J connectivity index is 0.891. The summed E-state index contributed by atoms with van der Waals surface area (Å²) in [6.07, 6.45) is 3.58. The van der Waals surface area contributed by atoms with Crippen molar-refractivity contribution in [1.29, 1.82) is 0 Å². The highest BCUT2D eigenvalue weighted by Crippen LogP contribution is 2.30. The van der Waals surface area contributed by atoms with Crippen LogP contribution in [0.1, 0.15) is 45.9 Å². The predicted octanol–water partition coefficient (Wildman–Crippen LogP) is 3.91. The molecule has 15 nitrogen and oxygen atoms in total. The van der Waals surface area contributed by atoms with Gasteiger partial charge in [-0.15, -0.1) is 0 Å². The minimum Gasteiger partial charge on any atom is -0.382 e. The molecule has 0 aliphatic carbocycles. The molecule has 3 heterocycles. The molecule has 2 aromatic heterocycles. The number of benzene rings is 1. The number of nitrogens with zero attached hydrogens (tertiary/aromatic N) is 4. The maximum Gasteiger partial charge on any atom is 0.152 e. The highest BCUT2D eigenvalue weighted by molar-refractivity contribution is 6.07. The van der Waals surface area contributed by atoms with Crippen molar-refractivity contribution in [1.82, 2.24) is 19.9 Å². The van der Waals surface area contributed by atoms with Crippen LogP contribution in [0.15, 0.2) is 18.2 Å². The number of ketones is 1. The molecule has 0 saturated carbocycles. The Hall–Kier alpha value is -2.99. The smallest absolute Gasteiger partial charge is 0.152 e. The maximum atomic E-state index is 11.5. The van der Waals surface area contributed by atoms with Gasteiger partial charge in [0.1, 0.15) is 17.1 Å². The van der Waals surface area contributed by atoms with E-state index in [-0.39, 0.29) is 11.7 Å². The number of imidazole rings is 1. The summed E-state index contributed by atoms with van der Waals surface area (Å²) in [5.74, 6) is 1.73. The summed E-state index contributed by atoms with van der Waals surface area (Å²) in [4.78, 5) is 29.3. The van der Waals surface area contributed by atoms with Gasteiger partial charge in [0.05, 0.1) is 117 Å². The van der Waals surface area contributed by atoms with Crippen LogP contribution in [0.4, 0.5) is 11.5 Å². The van der Waals surface area contributed by atoms with E-state index in [9.17, 15) is 4.79 Å². The average Bonchev–Trinajstić information content (AvgIpc) is 3.64. The van der Waals surface area contributed by atoms with Crippen LogP contribution in [-0.2, 0) is 49.1 Å². The molecule has 1 aromatic carbocycles. The zero-order valence-electron chi connectivity index (χ0n) is 33.5. The molecule has 0 bridgehead atoms. The van der Waals surface area contributed by atoms with Gasteiger partial charge in [0, 0.05) is 62.6 Å². The fourth-order valence-electron chi connectivity index (χ4n) is 5.99. The minimum atomic E-state index is 0.0591. The van der Waals surface area contributed by atoms with Crippen molar-refractivity contribution in [3.63, 3.8) is 0 Å². The molecule has 1 fully saturated rings. The molecule has 1 aliphatic heterocycles. The number of piperazine rings is 1. The second kappa shape index (κ2) is 26.8. The van der Waals surface area contributed by atoms with E-state index >= 15 is 0 Å². The molecular formula is C40H66N6O9. The van der Waals surface area contributed by atoms with Gasteiger partial charge in [0.15, 0.2) is 5.82 Å². The number of hydrogen-bond acceptors (Lipinski definition) is 14. The molecule has 0 unspecified atom stereocenters. The molecule has 3 N–H and O–H groups in total. The molecule has 15 heteroatoms. The molecular weight excluding hydrogens is 708 g/mol. The second-order valence-electron chi connectivity index (χ2n) is 13.8. The number of unbranched alkanes of at least 4 members (excludes halogenated alkanes) is 1. The molecule has 4 rings (SSSR count). The van der Waals surface area contributed by atoms with E-state index in [1.54, 1.807) is 0 Å². The number of rotatable bonds is 32. The molecule has 55 heavy (non-hydrogen) atoms. The number of aromatic nitrogens is 3. The van der Waals surface area contributed by atoms with E-state index in [2.05, 4.69) is 44.9 Å². The monoisotopic (exact) mass is 774 g/mol. The Morgan fingerprint density at radius 2 is 1.24 bits per heavy atom. The highest BCUT2D eigenvalue weighted by Gasteiger charge is 2.19. The number of H-pyrrole nitrogens is 1. The SMILES string of the molecule is CCCCc1nc2c(N)nc3ccc(N4CCN(CCOCCOCCOCCOCCOCCOCCOCCOCCC(=O)C(C)C)CC4)cc3c2[nH]1. The van der Waals surface area contributed by atoms with Crippen LogP contribution in [0, 0.1) is 5.92 Å². The summed E-state index contributed by atoms with van der Waals surface area (Å²) in [7, 11) is 0. The summed E-state index contributed by atoms with van der Waals surface area (Å²) >= 11 is 0. The van der Waals surface area contributed by atoms with Gasteiger partial charge < -0.3 is 53.5 Å². The van der Waals surface area contributed by atoms with Crippen LogP contribution < -0.4 is 10.6 Å². The lowest BCUT2D eigenvalue weighted by Gasteiger charge is -2.36. The highest BCUT2D eigenvalue weighted by atomic mass is 16.6. The van der Waals surface area contributed by atoms with Crippen molar-refractivity contribution in [2.75, 3.05) is 149 Å². The van der Waals surface area contributed by atoms with E-state index in [0.717, 1.165) is 79.7 Å². The number of nitrogens with two attached hydrogens (primary N) is 1. The van der Waals surface area contributed by atoms with E-state index in [1.165, 1.54) is 5.69 Å². The zero-order valence-corrected chi connectivity index (χ0v) is 33.5. The van der Waals surface area contributed by atoms with Crippen LogP contribution >= 0.6 is 0 Å². The summed E-state index contributed by atoms with van der Waals surface area (Å²) in [5.41, 5.74) is 10.1. The average molecular weight is 775 g/mol. The fourth-order valence-corrected chi connectivity index (χ4v) is 5.99. The number of nitrogen functional groups attached to an aromatic ring is 1. The van der Waals surface area contributed by atoms with E-state index in [0.29, 0.717) is 118 Å². The summed E-state index contributed by atoms with van der Waals surface area (Å²) in [5, 5.41) is 1.07. The van der Waals surface area contributed by atoms with E-state index < -0.39 is 0 Å². The molecule has 310 valence electrons. The van der Waals surface area contributed by atoms with E-state index in [4.69, 9.17) is 48.6 Å². The normalized spacial score (nSPS) is 13.9. The quantitative estimate of drug-likeness (QED) is 0.0878. The van der Waals surface area contributed by atoms with Gasteiger partial charge in [-0.2, -0.15) is 0 Å². The number of fused-ring (bicyclic) bond motifs is 3. The molecule has 0 radical (unpaired) electrons. The number of anilines is 2. The standard InChI is InChI=1S/C40H66N6O9/c1-4-5-6-37-43-38-34-31-33(7-8-35(34)42-40(41)39(38)44-37)46-12-10-45(11-13-46)14-16-49-18-20-51-22-24-53-26-28-55-30-29-54-27-25-52-23-21-50-19-17-48-15-9-36(47)32(2)3/h7-8,31-32H,4-6,9-30H2,1-3H3,(H2,41,42)(H,43,44). The van der Waals surface area contributed by atoms with Gasteiger partial charge >= 0.3 is 0 Å². The Bertz CT molecular complexity index is 1480. The topological polar surface area (TPSA) is 165 Å². The van der Waals surface area contributed by atoms with Crippen molar-refractivity contribution < 1.29 is 42.7 Å². The van der Waals surface area contributed by atoms with Gasteiger partial charge in [0.25, 0.3) is 0 Å². The number of aryl methyl sites for hydroxylation is 1. The molecule has 3 aromatic rings. The lowest BCUT2D eigenvalue weighted by molar-refractivity contribution is -0.123. The molecule has 0 amide bonds. The van der Waals surface area contributed by atoms with Crippen molar-refractivity contribution in [3.05, 3.63) is 24.0 Å². The maximum absolute atomic E-state index is 11.5. The number of nitrogens with one attached hydrogen (secondary N) is 1. The van der Waals surface area contributed by atoms with Gasteiger partial charge in [0.2, 0.25) is 0 Å². The molecule has 1 aliphatic rings. The van der Waals surface area contributed by atoms with Gasteiger partial charge in [-0.1, -0.05) is 27.2 Å². The van der Waals surface area contributed by atoms with Crippen LogP contribution in [0.5, 0.6) is 0 Å². The number of carbonyl (C=O) groups is 1. The lowest BCUT2D eigenvalue weighted by atomic mass is 10.1. The number of pyridine rings is 1. The van der Waals surface area contributed by atoms with Crippen molar-refractivity contribution in [2.24, 2.45) is 5.92 Å². The van der Waals surface area contributed by atoms with Gasteiger partial charge in [-0.25, -0.2) is 9.97 Å². The number of hydrogen-bond donors (Lipinski definition) is 2. The van der Waals surface area contributed by atoms with E-state index in [1.807, 2.05) is 13.8 Å². The summed E-state index contributed by atoms with van der Waals surface area (Å²) < 4.78 is 44.4. The van der Waals surface area contributed by atoms with Crippen LogP contribution in [0.25, 0.3) is 21.9 Å². The fraction of sp³-hybridized carbons (Fsp3) is 0.725. The second-order valence-corrected chi connectivity index (χ2v) is 13.8. The number of Topliss-reactive ketones (excluding diaryl/α,β-unsaturated/α-hetero) is 1. The van der Waals surface area contributed by atoms with Crippen LogP contribution in [-0.4, -0.2) is 164 Å². The molecule has 1 saturated heterocycles. The van der Waals surface area contributed by atoms with Crippen LogP contribution in [0.3, 0.4) is 0 Å². The third-order valence-electron chi connectivity index (χ3n) is 9.28. The molecule has 0 spiro atoms. The summed E-state index contributed by atoms with van der Waals surface area (Å²) in [6.45, 7) is 19.1. The number of carbonyl (C=O) groups excluding carboxylic acids is 1. The third kappa shape index (κ3) is 17.0. The third-order valence-corrected chi connectivity index (χ3v) is 9.28. The first-order valence-electron chi connectivity index (χ1n) is 20.2. The largest absolute Gasteiger partial charge is 0.382 e. The minimum absolute atomic E-state index is 0.0591. The first-order valence-corrected chi connectivity index (χ1v) is 20.2. The van der Waals surface area contributed by atoms with Gasteiger partial charge in [-0.3, -0.25) is 9.69 Å². The number of aromatic amines is 1. The Morgan fingerprint density at radius 1 is 0.727 bits per heavy atom.